The van der Waals surface area contributed by atoms with Crippen molar-refractivity contribution in [3.63, 3.8) is 0 Å². The second kappa shape index (κ2) is 5.61. The minimum atomic E-state index is 0.534. The number of rotatable bonds is 4. The fourth-order valence-electron chi connectivity index (χ4n) is 2.99. The van der Waals surface area contributed by atoms with Gasteiger partial charge in [-0.05, 0) is 37.4 Å². The Balaban J connectivity index is 1.73. The molecule has 0 bridgehead atoms. The van der Waals surface area contributed by atoms with E-state index in [1.54, 1.807) is 0 Å². The van der Waals surface area contributed by atoms with Crippen LogP contribution in [0.4, 0.5) is 0 Å². The summed E-state index contributed by atoms with van der Waals surface area (Å²) in [6.07, 6.45) is 15.5. The molecule has 0 aliphatic heterocycles. The van der Waals surface area contributed by atoms with Gasteiger partial charge in [0.05, 0.1) is 6.33 Å². The van der Waals surface area contributed by atoms with Gasteiger partial charge in [-0.1, -0.05) is 6.42 Å². The summed E-state index contributed by atoms with van der Waals surface area (Å²) in [7, 11) is 2.07. The third-order valence-corrected chi connectivity index (χ3v) is 4.09. The minimum absolute atomic E-state index is 0.534. The summed E-state index contributed by atoms with van der Waals surface area (Å²) >= 11 is 0. The highest BCUT2D eigenvalue weighted by Crippen LogP contribution is 2.29. The van der Waals surface area contributed by atoms with Crippen molar-refractivity contribution < 1.29 is 0 Å². The molecule has 2 heterocycles. The third-order valence-electron chi connectivity index (χ3n) is 4.09. The highest BCUT2D eigenvalue weighted by atomic mass is 15.1. The van der Waals surface area contributed by atoms with E-state index in [1.807, 2.05) is 18.7 Å². The first-order valence-corrected chi connectivity index (χ1v) is 7.18. The summed E-state index contributed by atoms with van der Waals surface area (Å²) in [5.74, 6) is 0. The molecule has 2 aromatic rings. The molecule has 0 aromatic carbocycles. The van der Waals surface area contributed by atoms with Crippen LogP contribution < -0.4 is 5.32 Å². The van der Waals surface area contributed by atoms with Crippen LogP contribution in [-0.2, 0) is 19.5 Å². The van der Waals surface area contributed by atoms with Gasteiger partial charge in [-0.3, -0.25) is 0 Å². The van der Waals surface area contributed by atoms with Crippen LogP contribution in [0.5, 0.6) is 0 Å². The van der Waals surface area contributed by atoms with Crippen molar-refractivity contribution in [3.8, 4) is 0 Å². The zero-order valence-corrected chi connectivity index (χ0v) is 11.5. The molecule has 0 fully saturated rings. The lowest BCUT2D eigenvalue weighted by molar-refractivity contribution is 0.526. The molecule has 2 aromatic heterocycles. The summed E-state index contributed by atoms with van der Waals surface area (Å²) in [6, 6.07) is 0.534. The maximum absolute atomic E-state index is 4.08. The van der Waals surface area contributed by atoms with E-state index in [2.05, 4.69) is 38.9 Å². The lowest BCUT2D eigenvalue weighted by atomic mass is 10.1. The van der Waals surface area contributed by atoms with Gasteiger partial charge >= 0.3 is 0 Å². The van der Waals surface area contributed by atoms with E-state index in [0.717, 1.165) is 13.1 Å². The molecular weight excluding hydrogens is 236 g/mol. The molecule has 4 nitrogen and oxygen atoms in total. The second-order valence-electron chi connectivity index (χ2n) is 5.36. The number of aromatic nitrogens is 3. The van der Waals surface area contributed by atoms with E-state index in [4.69, 9.17) is 0 Å². The van der Waals surface area contributed by atoms with E-state index < -0.39 is 0 Å². The molecule has 3 rings (SSSR count). The SMILES string of the molecule is CNC1CCCCc2cn(CCn3ccnc3)cc21. The molecule has 1 aliphatic carbocycles. The zero-order valence-electron chi connectivity index (χ0n) is 11.5. The Hall–Kier alpha value is -1.55. The van der Waals surface area contributed by atoms with Gasteiger partial charge in [-0.15, -0.1) is 0 Å². The fraction of sp³-hybridized carbons (Fsp3) is 0.533. The molecule has 0 amide bonds. The predicted molar refractivity (Wildman–Crippen MR) is 76.0 cm³/mol. The Labute approximate surface area is 114 Å². The summed E-state index contributed by atoms with van der Waals surface area (Å²) in [4.78, 5) is 4.08. The summed E-state index contributed by atoms with van der Waals surface area (Å²) in [6.45, 7) is 2.00. The zero-order chi connectivity index (χ0) is 13.1. The Morgan fingerprint density at radius 3 is 2.95 bits per heavy atom. The van der Waals surface area contributed by atoms with Crippen molar-refractivity contribution in [2.75, 3.05) is 7.05 Å². The second-order valence-corrected chi connectivity index (χ2v) is 5.36. The van der Waals surface area contributed by atoms with Gasteiger partial charge in [-0.25, -0.2) is 4.98 Å². The molecule has 1 aliphatic rings. The average molecular weight is 258 g/mol. The monoisotopic (exact) mass is 258 g/mol. The maximum Gasteiger partial charge on any atom is 0.0946 e. The van der Waals surface area contributed by atoms with Crippen LogP contribution in [0.3, 0.4) is 0 Å². The van der Waals surface area contributed by atoms with E-state index in [-0.39, 0.29) is 0 Å². The van der Waals surface area contributed by atoms with E-state index in [0.29, 0.717) is 6.04 Å². The Kier molecular flexibility index (Phi) is 3.69. The topological polar surface area (TPSA) is 34.8 Å². The quantitative estimate of drug-likeness (QED) is 0.854. The molecule has 102 valence electrons. The number of hydrogen-bond acceptors (Lipinski definition) is 2. The first-order valence-electron chi connectivity index (χ1n) is 7.18. The first-order chi connectivity index (χ1) is 9.36. The van der Waals surface area contributed by atoms with Crippen LogP contribution in [0, 0.1) is 0 Å². The van der Waals surface area contributed by atoms with Crippen LogP contribution >= 0.6 is 0 Å². The van der Waals surface area contributed by atoms with Gasteiger partial charge in [0.2, 0.25) is 0 Å². The smallest absolute Gasteiger partial charge is 0.0946 e. The number of hydrogen-bond donors (Lipinski definition) is 1. The Bertz CT molecular complexity index is 512. The van der Waals surface area contributed by atoms with Gasteiger partial charge in [0.1, 0.15) is 0 Å². The third kappa shape index (κ3) is 2.73. The number of nitrogens with one attached hydrogen (secondary N) is 1. The normalized spacial score (nSPS) is 19.1. The van der Waals surface area contributed by atoms with Crippen molar-refractivity contribution in [1.29, 1.82) is 0 Å². The highest BCUT2D eigenvalue weighted by molar-refractivity contribution is 5.29. The van der Waals surface area contributed by atoms with Crippen molar-refractivity contribution in [2.45, 2.75) is 44.8 Å². The lowest BCUT2D eigenvalue weighted by Gasteiger charge is -2.13. The summed E-state index contributed by atoms with van der Waals surface area (Å²) in [5, 5.41) is 3.45. The molecule has 0 spiro atoms. The van der Waals surface area contributed by atoms with E-state index in [1.165, 1.54) is 36.8 Å². The van der Waals surface area contributed by atoms with Gasteiger partial charge in [0, 0.05) is 43.9 Å². The van der Waals surface area contributed by atoms with Crippen molar-refractivity contribution >= 4 is 0 Å². The van der Waals surface area contributed by atoms with Crippen molar-refractivity contribution in [1.82, 2.24) is 19.4 Å². The molecule has 1 unspecified atom stereocenters. The molecule has 0 saturated carbocycles. The lowest BCUT2D eigenvalue weighted by Crippen LogP contribution is -2.15. The number of nitrogens with zero attached hydrogens (tertiary/aromatic N) is 3. The minimum Gasteiger partial charge on any atom is -0.352 e. The van der Waals surface area contributed by atoms with Crippen LogP contribution in [-0.4, -0.2) is 21.2 Å². The molecule has 0 saturated heterocycles. The molecule has 4 heteroatoms. The number of imidazole rings is 1. The van der Waals surface area contributed by atoms with Gasteiger partial charge in [0.25, 0.3) is 0 Å². The molecule has 19 heavy (non-hydrogen) atoms. The molecule has 1 atom stereocenters. The van der Waals surface area contributed by atoms with Crippen LogP contribution in [0.2, 0.25) is 0 Å². The standard InChI is InChI=1S/C15H22N4/c1-16-15-5-3-2-4-13-10-19(11-14(13)15)9-8-18-7-6-17-12-18/h6-7,10-12,15-16H,2-5,8-9H2,1H3. The van der Waals surface area contributed by atoms with Gasteiger partial charge in [-0.2, -0.15) is 0 Å². The largest absolute Gasteiger partial charge is 0.352 e. The van der Waals surface area contributed by atoms with Crippen molar-refractivity contribution in [2.24, 2.45) is 0 Å². The molecule has 1 N–H and O–H groups in total. The van der Waals surface area contributed by atoms with Crippen LogP contribution in [0.25, 0.3) is 0 Å². The summed E-state index contributed by atoms with van der Waals surface area (Å²) in [5.41, 5.74) is 3.04. The van der Waals surface area contributed by atoms with Crippen LogP contribution in [0.15, 0.2) is 31.1 Å². The predicted octanol–water partition coefficient (Wildman–Crippen LogP) is 2.37. The first kappa shape index (κ1) is 12.5. The average Bonchev–Trinajstić information content (AvgIpc) is 3.03. The van der Waals surface area contributed by atoms with E-state index >= 15 is 0 Å². The van der Waals surface area contributed by atoms with Crippen LogP contribution in [0.1, 0.15) is 36.4 Å². The maximum atomic E-state index is 4.08. The van der Waals surface area contributed by atoms with E-state index in [9.17, 15) is 0 Å². The van der Waals surface area contributed by atoms with Gasteiger partial charge < -0.3 is 14.5 Å². The number of fused-ring (bicyclic) bond motifs is 1. The Morgan fingerprint density at radius 1 is 1.26 bits per heavy atom. The van der Waals surface area contributed by atoms with Crippen molar-refractivity contribution in [3.05, 3.63) is 42.2 Å². The number of aryl methyl sites for hydroxylation is 3. The highest BCUT2D eigenvalue weighted by Gasteiger charge is 2.18. The fourth-order valence-corrected chi connectivity index (χ4v) is 2.99. The summed E-state index contributed by atoms with van der Waals surface area (Å²) < 4.78 is 4.46. The molecule has 0 radical (unpaired) electrons. The Morgan fingerprint density at radius 2 is 2.16 bits per heavy atom. The molecular formula is C15H22N4. The van der Waals surface area contributed by atoms with Gasteiger partial charge in [0.15, 0.2) is 0 Å².